The van der Waals surface area contributed by atoms with Crippen molar-refractivity contribution >= 4 is 30.2 Å². The SMILES string of the molecule is Nc1[nH]c(=O)c(C(=O)O)c(-c2ccc([B-](F)(F)F)cc2)c1C(=O)O. The van der Waals surface area contributed by atoms with Gasteiger partial charge in [0, 0.05) is 5.56 Å². The van der Waals surface area contributed by atoms with E-state index in [1.165, 1.54) is 0 Å². The third-order valence-electron chi connectivity index (χ3n) is 3.25. The molecule has 0 saturated heterocycles. The van der Waals surface area contributed by atoms with Gasteiger partial charge in [-0.25, -0.2) is 9.59 Å². The topological polar surface area (TPSA) is 133 Å². The number of aromatic amines is 1. The molecule has 24 heavy (non-hydrogen) atoms. The second kappa shape index (κ2) is 5.76. The van der Waals surface area contributed by atoms with Crippen LogP contribution in [0.25, 0.3) is 11.1 Å². The van der Waals surface area contributed by atoms with Crippen LogP contribution in [0.3, 0.4) is 0 Å². The zero-order valence-corrected chi connectivity index (χ0v) is 11.7. The van der Waals surface area contributed by atoms with Gasteiger partial charge in [-0.05, 0) is 5.56 Å². The van der Waals surface area contributed by atoms with E-state index in [0.29, 0.717) is 12.1 Å². The highest BCUT2D eigenvalue weighted by molar-refractivity contribution is 6.73. The van der Waals surface area contributed by atoms with Crippen LogP contribution in [0.15, 0.2) is 29.1 Å². The minimum absolute atomic E-state index is 0.189. The van der Waals surface area contributed by atoms with E-state index in [0.717, 1.165) is 12.1 Å². The summed E-state index contributed by atoms with van der Waals surface area (Å²) in [4.78, 5) is 36.3. The lowest BCUT2D eigenvalue weighted by atomic mass is 9.79. The molecule has 0 spiro atoms. The van der Waals surface area contributed by atoms with E-state index in [1.807, 2.05) is 4.98 Å². The van der Waals surface area contributed by atoms with Gasteiger partial charge >= 0.3 is 18.9 Å². The van der Waals surface area contributed by atoms with Gasteiger partial charge in [0.25, 0.3) is 5.56 Å². The van der Waals surface area contributed by atoms with Gasteiger partial charge in [0.2, 0.25) is 0 Å². The van der Waals surface area contributed by atoms with E-state index >= 15 is 0 Å². The minimum atomic E-state index is -5.28. The van der Waals surface area contributed by atoms with Crippen molar-refractivity contribution in [1.82, 2.24) is 4.98 Å². The van der Waals surface area contributed by atoms with Gasteiger partial charge in [-0.15, -0.1) is 5.46 Å². The van der Waals surface area contributed by atoms with Crippen molar-refractivity contribution in [2.45, 2.75) is 0 Å². The zero-order chi connectivity index (χ0) is 18.2. The number of nitrogen functional groups attached to an aromatic ring is 1. The Labute approximate surface area is 131 Å². The van der Waals surface area contributed by atoms with Crippen LogP contribution in [0.5, 0.6) is 0 Å². The molecule has 0 amide bonds. The Morgan fingerprint density at radius 3 is 1.92 bits per heavy atom. The van der Waals surface area contributed by atoms with Gasteiger partial charge in [-0.1, -0.05) is 24.3 Å². The molecule has 126 valence electrons. The molecule has 0 fully saturated rings. The molecule has 0 aliphatic carbocycles. The highest BCUT2D eigenvalue weighted by Gasteiger charge is 2.28. The van der Waals surface area contributed by atoms with Crippen LogP contribution in [0.2, 0.25) is 0 Å². The largest absolute Gasteiger partial charge is 0.509 e. The summed E-state index contributed by atoms with van der Waals surface area (Å²) in [7, 11) is 0. The Morgan fingerprint density at radius 1 is 1.00 bits per heavy atom. The first-order valence-corrected chi connectivity index (χ1v) is 6.36. The van der Waals surface area contributed by atoms with Crippen LogP contribution in [-0.2, 0) is 0 Å². The van der Waals surface area contributed by atoms with Gasteiger partial charge < -0.3 is 33.9 Å². The molecule has 0 aliphatic heterocycles. The molecule has 1 aromatic carbocycles. The number of H-pyrrole nitrogens is 1. The van der Waals surface area contributed by atoms with Gasteiger partial charge in [0.05, 0.1) is 0 Å². The molecule has 0 atom stereocenters. The van der Waals surface area contributed by atoms with Crippen molar-refractivity contribution in [1.29, 1.82) is 0 Å². The average Bonchev–Trinajstić information content (AvgIpc) is 2.44. The summed E-state index contributed by atoms with van der Waals surface area (Å²) in [6.07, 6.45) is 0. The zero-order valence-electron chi connectivity index (χ0n) is 11.7. The van der Waals surface area contributed by atoms with E-state index in [2.05, 4.69) is 0 Å². The first kappa shape index (κ1) is 17.1. The van der Waals surface area contributed by atoms with Gasteiger partial charge in [0.15, 0.2) is 0 Å². The number of aromatic nitrogens is 1. The lowest BCUT2D eigenvalue weighted by molar-refractivity contribution is 0.0695. The van der Waals surface area contributed by atoms with Gasteiger partial charge in [-0.3, -0.25) is 4.79 Å². The molecule has 2 rings (SSSR count). The summed E-state index contributed by atoms with van der Waals surface area (Å²) in [5.74, 6) is -3.97. The number of carbonyl (C=O) groups is 2. The molecule has 5 N–H and O–H groups in total. The summed E-state index contributed by atoms with van der Waals surface area (Å²) in [6.45, 7) is -5.28. The standard InChI is InChI=1S/C13H9BF3N2O5/c15-14(16,17)6-3-1-5(2-4-6)7-8(12(21)22)10(18)19-11(20)9(7)13(23)24/h1-4H,(H,21,22)(H,23,24)(H3,18,19,20)/q-1. The molecule has 0 radical (unpaired) electrons. The second-order valence-corrected chi connectivity index (χ2v) is 4.80. The maximum atomic E-state index is 12.7. The van der Waals surface area contributed by atoms with Crippen molar-refractivity contribution in [2.24, 2.45) is 0 Å². The summed E-state index contributed by atoms with van der Waals surface area (Å²) in [5, 5.41) is 18.4. The molecule has 0 saturated carbocycles. The van der Waals surface area contributed by atoms with Crippen LogP contribution in [-0.4, -0.2) is 34.1 Å². The highest BCUT2D eigenvalue weighted by atomic mass is 19.4. The number of anilines is 1. The molecule has 1 aromatic heterocycles. The minimum Gasteiger partial charge on any atom is -0.478 e. The van der Waals surface area contributed by atoms with Gasteiger partial charge in [-0.2, -0.15) is 0 Å². The van der Waals surface area contributed by atoms with Crippen molar-refractivity contribution in [3.8, 4) is 11.1 Å². The number of aromatic carboxylic acids is 2. The number of carboxylic acid groups (broad SMARTS) is 2. The fourth-order valence-electron chi connectivity index (χ4n) is 2.20. The summed E-state index contributed by atoms with van der Waals surface area (Å²) < 4.78 is 38.0. The first-order chi connectivity index (χ1) is 11.0. The smallest absolute Gasteiger partial charge is 0.478 e. The van der Waals surface area contributed by atoms with Crippen LogP contribution in [0.1, 0.15) is 20.7 Å². The summed E-state index contributed by atoms with van der Waals surface area (Å²) >= 11 is 0. The molecular weight excluding hydrogens is 332 g/mol. The van der Waals surface area contributed by atoms with Crippen molar-refractivity contribution in [3.05, 3.63) is 45.7 Å². The molecule has 1 heterocycles. The van der Waals surface area contributed by atoms with Crippen LogP contribution < -0.4 is 16.8 Å². The lowest BCUT2D eigenvalue weighted by Gasteiger charge is -2.16. The molecule has 0 bridgehead atoms. The van der Waals surface area contributed by atoms with Crippen molar-refractivity contribution < 1.29 is 32.7 Å². The monoisotopic (exact) mass is 341 g/mol. The number of halogens is 3. The number of hydrogen-bond acceptors (Lipinski definition) is 4. The predicted octanol–water partition coefficient (Wildman–Crippen LogP) is 1.07. The number of hydrogen-bond donors (Lipinski definition) is 4. The molecule has 11 heteroatoms. The van der Waals surface area contributed by atoms with Gasteiger partial charge in [0.1, 0.15) is 16.9 Å². The number of rotatable bonds is 4. The Hall–Kier alpha value is -3.24. The quantitative estimate of drug-likeness (QED) is 0.615. The average molecular weight is 341 g/mol. The number of nitrogens with one attached hydrogen (secondary N) is 1. The maximum absolute atomic E-state index is 12.7. The normalized spacial score (nSPS) is 11.3. The lowest BCUT2D eigenvalue weighted by Crippen LogP contribution is -2.33. The maximum Gasteiger partial charge on any atom is 0.509 e. The number of nitrogens with two attached hydrogens (primary N) is 1. The summed E-state index contributed by atoms with van der Waals surface area (Å²) in [6, 6.07) is 3.11. The first-order valence-electron chi connectivity index (χ1n) is 6.36. The van der Waals surface area contributed by atoms with Crippen molar-refractivity contribution in [2.75, 3.05) is 5.73 Å². The van der Waals surface area contributed by atoms with Crippen LogP contribution in [0.4, 0.5) is 18.8 Å². The van der Waals surface area contributed by atoms with E-state index < -0.39 is 52.4 Å². The number of benzene rings is 1. The predicted molar refractivity (Wildman–Crippen MR) is 79.5 cm³/mol. The van der Waals surface area contributed by atoms with Crippen LogP contribution >= 0.6 is 0 Å². The number of carboxylic acids is 2. The third-order valence-corrected chi connectivity index (χ3v) is 3.25. The third kappa shape index (κ3) is 2.96. The highest BCUT2D eigenvalue weighted by Crippen LogP contribution is 2.29. The van der Waals surface area contributed by atoms with E-state index in [9.17, 15) is 32.4 Å². The Balaban J connectivity index is 2.84. The second-order valence-electron chi connectivity index (χ2n) is 4.80. The fourth-order valence-corrected chi connectivity index (χ4v) is 2.20. The molecule has 7 nitrogen and oxygen atoms in total. The van der Waals surface area contributed by atoms with Crippen molar-refractivity contribution in [3.63, 3.8) is 0 Å². The Morgan fingerprint density at radius 2 is 1.50 bits per heavy atom. The number of pyridine rings is 1. The molecular formula is C13H9BF3N2O5-. The Bertz CT molecular complexity index is 890. The van der Waals surface area contributed by atoms with E-state index in [1.54, 1.807) is 0 Å². The van der Waals surface area contributed by atoms with E-state index in [-0.39, 0.29) is 5.56 Å². The Kier molecular flexibility index (Phi) is 4.11. The molecule has 0 unspecified atom stereocenters. The molecule has 0 aliphatic rings. The van der Waals surface area contributed by atoms with E-state index in [4.69, 9.17) is 10.8 Å². The van der Waals surface area contributed by atoms with Crippen LogP contribution in [0, 0.1) is 0 Å². The molecule has 2 aromatic rings. The fraction of sp³-hybridized carbons (Fsp3) is 0. The summed E-state index contributed by atoms with van der Waals surface area (Å²) in [5.41, 5.74) is 0.925.